The van der Waals surface area contributed by atoms with Gasteiger partial charge >= 0.3 is 12.2 Å². The Morgan fingerprint density at radius 1 is 0.545 bits per heavy atom. The summed E-state index contributed by atoms with van der Waals surface area (Å²) in [5.41, 5.74) is -0.666. The summed E-state index contributed by atoms with van der Waals surface area (Å²) >= 11 is 0. The maximum atomic E-state index is 13.4. The fraction of sp³-hybridized carbons (Fsp3) is 0.688. The molecule has 0 unspecified atom stereocenters. The van der Waals surface area contributed by atoms with Gasteiger partial charge < -0.3 is 40.2 Å². The second-order valence-electron chi connectivity index (χ2n) is 13.6. The molecule has 12 nitrogen and oxygen atoms in total. The summed E-state index contributed by atoms with van der Waals surface area (Å²) in [5.74, 6) is -0.110. The van der Waals surface area contributed by atoms with Crippen LogP contribution in [0.2, 0.25) is 0 Å². The Morgan fingerprint density at radius 3 is 1.11 bits per heavy atom. The Balaban J connectivity index is 1.58. The molecule has 2 saturated carbocycles. The average Bonchev–Trinajstić information content (AvgIpc) is 2.92. The molecule has 2 aliphatic carbocycles. The van der Waals surface area contributed by atoms with Crippen LogP contribution in [0.1, 0.15) is 114 Å². The Morgan fingerprint density at radius 2 is 0.841 bits per heavy atom. The fourth-order valence-electron chi connectivity index (χ4n) is 5.49. The average molecular weight is 619 g/mol. The van der Waals surface area contributed by atoms with Crippen LogP contribution in [0.5, 0.6) is 11.5 Å². The van der Waals surface area contributed by atoms with Crippen molar-refractivity contribution in [2.75, 3.05) is 14.2 Å². The van der Waals surface area contributed by atoms with Gasteiger partial charge in [-0.25, -0.2) is 9.59 Å². The van der Waals surface area contributed by atoms with Crippen LogP contribution in [0.15, 0.2) is 12.1 Å². The molecule has 0 bridgehead atoms. The Kier molecular flexibility index (Phi) is 11.7. The largest absolute Gasteiger partial charge is 0.496 e. The van der Waals surface area contributed by atoms with Crippen molar-refractivity contribution in [2.24, 2.45) is 0 Å². The predicted molar refractivity (Wildman–Crippen MR) is 165 cm³/mol. The number of nitrogens with one attached hydrogen (secondary N) is 4. The maximum absolute atomic E-state index is 13.4. The molecular formula is C32H50N4O8. The minimum absolute atomic E-state index is 0.0213. The van der Waals surface area contributed by atoms with Gasteiger partial charge in [0.25, 0.3) is 11.8 Å². The maximum Gasteiger partial charge on any atom is 0.407 e. The van der Waals surface area contributed by atoms with Crippen molar-refractivity contribution in [1.82, 2.24) is 21.3 Å². The zero-order valence-corrected chi connectivity index (χ0v) is 27.4. The van der Waals surface area contributed by atoms with Gasteiger partial charge in [0.05, 0.1) is 25.3 Å². The third-order valence-corrected chi connectivity index (χ3v) is 7.58. The molecule has 3 rings (SSSR count). The topological polar surface area (TPSA) is 153 Å². The highest BCUT2D eigenvalue weighted by Crippen LogP contribution is 2.31. The predicted octanol–water partition coefficient (Wildman–Crippen LogP) is 4.84. The molecule has 0 aromatic heterocycles. The molecule has 246 valence electrons. The highest BCUT2D eigenvalue weighted by atomic mass is 16.6. The van der Waals surface area contributed by atoms with E-state index >= 15 is 0 Å². The van der Waals surface area contributed by atoms with Crippen LogP contribution in [-0.2, 0) is 9.47 Å². The van der Waals surface area contributed by atoms with E-state index in [-0.39, 0.29) is 47.1 Å². The molecule has 12 heteroatoms. The van der Waals surface area contributed by atoms with Crippen LogP contribution in [0.4, 0.5) is 9.59 Å². The van der Waals surface area contributed by atoms with E-state index in [4.69, 9.17) is 18.9 Å². The molecule has 0 heterocycles. The van der Waals surface area contributed by atoms with E-state index in [1.807, 2.05) is 41.5 Å². The van der Waals surface area contributed by atoms with E-state index < -0.39 is 23.4 Å². The number of alkyl carbamates (subject to hydrolysis) is 2. The van der Waals surface area contributed by atoms with E-state index in [1.165, 1.54) is 20.3 Å². The monoisotopic (exact) mass is 618 g/mol. The van der Waals surface area contributed by atoms with Gasteiger partial charge in [-0.2, -0.15) is 0 Å². The molecule has 0 aliphatic heterocycles. The standard InChI is InChI=1S/C32H50N4O8/c1-31(2,3)43-29(39)35-21-13-9-19(10-14-21)33-27(37)23-17-24(26(42-8)18-25(23)41-7)28(38)34-20-11-15-22(16-12-20)36-30(40)44-32(4,5)6/h17-22H,9-16H2,1-8H3,(H,33,37)(H,34,38)(H,35,39)(H,36,40). The number of rotatable bonds is 8. The molecule has 2 fully saturated rings. The first-order valence-electron chi connectivity index (χ1n) is 15.4. The van der Waals surface area contributed by atoms with Gasteiger partial charge in [0.15, 0.2) is 0 Å². The molecule has 44 heavy (non-hydrogen) atoms. The minimum atomic E-state index is -0.567. The number of benzene rings is 1. The number of hydrogen-bond donors (Lipinski definition) is 4. The van der Waals surface area contributed by atoms with E-state index in [0.29, 0.717) is 62.9 Å². The van der Waals surface area contributed by atoms with Gasteiger partial charge in [-0.3, -0.25) is 9.59 Å². The van der Waals surface area contributed by atoms with Crippen molar-refractivity contribution in [1.29, 1.82) is 0 Å². The molecule has 0 saturated heterocycles. The summed E-state index contributed by atoms with van der Waals surface area (Å²) in [6.45, 7) is 10.9. The number of amides is 4. The summed E-state index contributed by atoms with van der Waals surface area (Å²) in [6, 6.07) is 2.83. The summed E-state index contributed by atoms with van der Waals surface area (Å²) in [4.78, 5) is 51.0. The van der Waals surface area contributed by atoms with E-state index in [9.17, 15) is 19.2 Å². The van der Waals surface area contributed by atoms with Gasteiger partial charge in [-0.1, -0.05) is 0 Å². The van der Waals surface area contributed by atoms with Gasteiger partial charge in [0.1, 0.15) is 22.7 Å². The number of carbonyl (C=O) groups excluding carboxylic acids is 4. The van der Waals surface area contributed by atoms with Crippen molar-refractivity contribution >= 4 is 24.0 Å². The number of carbonyl (C=O) groups is 4. The lowest BCUT2D eigenvalue weighted by Gasteiger charge is -2.31. The lowest BCUT2D eigenvalue weighted by Crippen LogP contribution is -2.45. The molecule has 4 amide bonds. The Labute approximate surface area is 260 Å². The van der Waals surface area contributed by atoms with Gasteiger partial charge in [0.2, 0.25) is 0 Å². The summed E-state index contributed by atoms with van der Waals surface area (Å²) in [6.07, 6.45) is 4.66. The van der Waals surface area contributed by atoms with Crippen LogP contribution in [0.25, 0.3) is 0 Å². The van der Waals surface area contributed by atoms with Crippen molar-refractivity contribution < 1.29 is 38.1 Å². The molecule has 0 spiro atoms. The quantitative estimate of drug-likeness (QED) is 0.323. The first-order valence-corrected chi connectivity index (χ1v) is 15.4. The van der Waals surface area contributed by atoms with Crippen molar-refractivity contribution in [3.63, 3.8) is 0 Å². The third-order valence-electron chi connectivity index (χ3n) is 7.58. The smallest absolute Gasteiger partial charge is 0.407 e. The molecule has 1 aromatic carbocycles. The highest BCUT2D eigenvalue weighted by molar-refractivity contribution is 6.03. The lowest BCUT2D eigenvalue weighted by atomic mass is 9.90. The number of methoxy groups -OCH3 is 2. The van der Waals surface area contributed by atoms with Gasteiger partial charge in [-0.05, 0) is 99.0 Å². The van der Waals surface area contributed by atoms with E-state index in [0.717, 1.165) is 0 Å². The molecule has 0 atom stereocenters. The highest BCUT2D eigenvalue weighted by Gasteiger charge is 2.30. The van der Waals surface area contributed by atoms with Crippen molar-refractivity contribution in [2.45, 2.75) is 128 Å². The van der Waals surface area contributed by atoms with Gasteiger partial charge in [0, 0.05) is 30.2 Å². The normalized spacial score (nSPS) is 22.2. The first-order chi connectivity index (χ1) is 20.6. The molecule has 1 aromatic rings. The third kappa shape index (κ3) is 10.8. The van der Waals surface area contributed by atoms with E-state index in [2.05, 4.69) is 21.3 Å². The van der Waals surface area contributed by atoms with Crippen molar-refractivity contribution in [3.8, 4) is 11.5 Å². The van der Waals surface area contributed by atoms with E-state index in [1.54, 1.807) is 6.07 Å². The molecule has 2 aliphatic rings. The second kappa shape index (κ2) is 14.9. The van der Waals surface area contributed by atoms with Crippen molar-refractivity contribution in [3.05, 3.63) is 23.3 Å². The fourth-order valence-corrected chi connectivity index (χ4v) is 5.49. The summed E-state index contributed by atoms with van der Waals surface area (Å²) in [7, 11) is 2.92. The van der Waals surface area contributed by atoms with Crippen LogP contribution < -0.4 is 30.7 Å². The number of ether oxygens (including phenoxy) is 4. The first kappa shape index (κ1) is 34.8. The molecular weight excluding hydrogens is 568 g/mol. The number of hydrogen-bond acceptors (Lipinski definition) is 8. The van der Waals surface area contributed by atoms with Crippen LogP contribution in [0.3, 0.4) is 0 Å². The van der Waals surface area contributed by atoms with Gasteiger partial charge in [-0.15, -0.1) is 0 Å². The lowest BCUT2D eigenvalue weighted by molar-refractivity contribution is 0.0477. The summed E-state index contributed by atoms with van der Waals surface area (Å²) in [5, 5.41) is 11.9. The van der Waals surface area contributed by atoms with Crippen LogP contribution in [-0.4, -0.2) is 73.6 Å². The SMILES string of the molecule is COc1cc(OC)c(C(=O)NC2CCC(NC(=O)OC(C)(C)C)CC2)cc1C(=O)NC1CCC(NC(=O)OC(C)(C)C)CC1. The van der Waals surface area contributed by atoms with Crippen LogP contribution >= 0.6 is 0 Å². The zero-order valence-electron chi connectivity index (χ0n) is 27.4. The second-order valence-corrected chi connectivity index (χ2v) is 13.6. The minimum Gasteiger partial charge on any atom is -0.496 e. The van der Waals surface area contributed by atoms with Crippen LogP contribution in [0, 0.1) is 0 Å². The Hall–Kier alpha value is -3.70. The summed E-state index contributed by atoms with van der Waals surface area (Å²) < 4.78 is 21.7. The molecule has 4 N–H and O–H groups in total. The molecule has 0 radical (unpaired) electrons. The Bertz CT molecular complexity index is 1090. The zero-order chi connectivity index (χ0) is 32.7.